The second-order valence-corrected chi connectivity index (χ2v) is 7.47. The Hall–Kier alpha value is -2.09. The van der Waals surface area contributed by atoms with Gasteiger partial charge in [0.25, 0.3) is 10.0 Å². The summed E-state index contributed by atoms with van der Waals surface area (Å²) in [6.45, 7) is 1.81. The Balaban J connectivity index is 2.26. The number of nitrogens with two attached hydrogens (primary N) is 1. The van der Waals surface area contributed by atoms with E-state index in [4.69, 9.17) is 22.4 Å². The van der Waals surface area contributed by atoms with E-state index in [9.17, 15) is 13.2 Å². The molecule has 0 aliphatic carbocycles. The van der Waals surface area contributed by atoms with Crippen LogP contribution in [0.5, 0.6) is 0 Å². The highest BCUT2D eigenvalue weighted by Gasteiger charge is 2.17. The molecule has 0 bridgehead atoms. The number of hydrogen-bond acceptors (Lipinski definition) is 4. The van der Waals surface area contributed by atoms with Crippen molar-refractivity contribution in [3.05, 3.63) is 58.6 Å². The highest BCUT2D eigenvalue weighted by Crippen LogP contribution is 2.21. The summed E-state index contributed by atoms with van der Waals surface area (Å²) in [4.78, 5) is 11.0. The molecule has 1 atom stereocenters. The number of carboxylic acids is 1. The van der Waals surface area contributed by atoms with E-state index in [1.165, 1.54) is 24.3 Å². The van der Waals surface area contributed by atoms with Gasteiger partial charge in [-0.2, -0.15) is 0 Å². The topological polar surface area (TPSA) is 109 Å². The lowest BCUT2D eigenvalue weighted by atomic mass is 10.0. The maximum absolute atomic E-state index is 12.4. The number of rotatable bonds is 6. The molecule has 0 heterocycles. The number of carbonyl (C=O) groups is 1. The van der Waals surface area contributed by atoms with Crippen LogP contribution in [-0.4, -0.2) is 25.5 Å². The number of aliphatic carboxylic acids is 1. The van der Waals surface area contributed by atoms with E-state index in [0.717, 1.165) is 5.56 Å². The number of hydrogen-bond donors (Lipinski definition) is 3. The molecule has 0 spiro atoms. The minimum Gasteiger partial charge on any atom is -0.480 e. The molecule has 6 nitrogen and oxygen atoms in total. The van der Waals surface area contributed by atoms with Gasteiger partial charge >= 0.3 is 5.97 Å². The number of halogens is 1. The third-order valence-corrected chi connectivity index (χ3v) is 5.13. The molecule has 0 aromatic heterocycles. The second-order valence-electron chi connectivity index (χ2n) is 5.35. The van der Waals surface area contributed by atoms with Crippen molar-refractivity contribution >= 4 is 33.3 Å². The lowest BCUT2D eigenvalue weighted by Crippen LogP contribution is -2.32. The van der Waals surface area contributed by atoms with Crippen LogP contribution in [0.2, 0.25) is 5.02 Å². The predicted octanol–water partition coefficient (Wildman–Crippen LogP) is 2.40. The summed E-state index contributed by atoms with van der Waals surface area (Å²) in [5.41, 5.74) is 7.39. The van der Waals surface area contributed by atoms with E-state index >= 15 is 0 Å². The van der Waals surface area contributed by atoms with Gasteiger partial charge in [0.2, 0.25) is 0 Å². The van der Waals surface area contributed by atoms with Crippen molar-refractivity contribution in [2.24, 2.45) is 5.73 Å². The van der Waals surface area contributed by atoms with Gasteiger partial charge in [-0.25, -0.2) is 8.42 Å². The van der Waals surface area contributed by atoms with Crippen molar-refractivity contribution in [1.82, 2.24) is 0 Å². The van der Waals surface area contributed by atoms with Crippen LogP contribution in [0.3, 0.4) is 0 Å². The van der Waals surface area contributed by atoms with Gasteiger partial charge in [-0.15, -0.1) is 0 Å². The SMILES string of the molecule is Cc1ccc(NS(=O)(=O)c2ccc(Cl)cc2)cc1CC(N)C(=O)O. The molecule has 128 valence electrons. The van der Waals surface area contributed by atoms with Crippen molar-refractivity contribution in [2.45, 2.75) is 24.3 Å². The Morgan fingerprint density at radius 3 is 2.46 bits per heavy atom. The van der Waals surface area contributed by atoms with Gasteiger partial charge in [-0.3, -0.25) is 9.52 Å². The first kappa shape index (κ1) is 18.3. The van der Waals surface area contributed by atoms with Crippen LogP contribution in [0.15, 0.2) is 47.4 Å². The fourth-order valence-corrected chi connectivity index (χ4v) is 3.28. The van der Waals surface area contributed by atoms with Crippen molar-refractivity contribution in [2.75, 3.05) is 4.72 Å². The second kappa shape index (κ2) is 7.21. The largest absolute Gasteiger partial charge is 0.480 e. The normalized spacial score (nSPS) is 12.6. The summed E-state index contributed by atoms with van der Waals surface area (Å²) in [7, 11) is -3.76. The molecule has 0 aliphatic heterocycles. The summed E-state index contributed by atoms with van der Waals surface area (Å²) in [5.74, 6) is -1.11. The van der Waals surface area contributed by atoms with Gasteiger partial charge in [0.15, 0.2) is 0 Å². The van der Waals surface area contributed by atoms with Crippen LogP contribution in [0, 0.1) is 6.92 Å². The molecule has 0 fully saturated rings. The molecule has 0 saturated heterocycles. The first-order valence-electron chi connectivity index (χ1n) is 7.05. The molecule has 2 aromatic carbocycles. The van der Waals surface area contributed by atoms with Crippen LogP contribution < -0.4 is 10.5 Å². The minimum atomic E-state index is -3.76. The average Bonchev–Trinajstić information content (AvgIpc) is 2.50. The monoisotopic (exact) mass is 368 g/mol. The fourth-order valence-electron chi connectivity index (χ4n) is 2.11. The zero-order valence-corrected chi connectivity index (χ0v) is 14.4. The Kier molecular flexibility index (Phi) is 5.48. The summed E-state index contributed by atoms with van der Waals surface area (Å²) >= 11 is 5.76. The quantitative estimate of drug-likeness (QED) is 0.725. The Morgan fingerprint density at radius 1 is 1.25 bits per heavy atom. The molecule has 0 saturated carbocycles. The molecule has 1 unspecified atom stereocenters. The molecule has 4 N–H and O–H groups in total. The molecule has 2 rings (SSSR count). The first-order chi connectivity index (χ1) is 11.2. The van der Waals surface area contributed by atoms with E-state index in [1.807, 2.05) is 0 Å². The summed E-state index contributed by atoms with van der Waals surface area (Å²) in [6, 6.07) is 9.64. The first-order valence-corrected chi connectivity index (χ1v) is 8.91. The van der Waals surface area contributed by atoms with Crippen LogP contribution in [0.4, 0.5) is 5.69 Å². The van der Waals surface area contributed by atoms with Gasteiger partial charge < -0.3 is 10.8 Å². The van der Waals surface area contributed by atoms with Crippen LogP contribution in [-0.2, 0) is 21.2 Å². The average molecular weight is 369 g/mol. The molecular formula is C16H17ClN2O4S. The Bertz CT molecular complexity index is 851. The highest BCUT2D eigenvalue weighted by molar-refractivity contribution is 7.92. The van der Waals surface area contributed by atoms with Gasteiger partial charge in [-0.05, 0) is 60.9 Å². The molecule has 8 heteroatoms. The highest BCUT2D eigenvalue weighted by atomic mass is 35.5. The maximum Gasteiger partial charge on any atom is 0.320 e. The number of carboxylic acid groups (broad SMARTS) is 1. The van der Waals surface area contributed by atoms with Crippen molar-refractivity contribution in [3.63, 3.8) is 0 Å². The number of sulfonamides is 1. The minimum absolute atomic E-state index is 0.0799. The van der Waals surface area contributed by atoms with Crippen molar-refractivity contribution < 1.29 is 18.3 Å². The van der Waals surface area contributed by atoms with E-state index < -0.39 is 22.0 Å². The van der Waals surface area contributed by atoms with Crippen molar-refractivity contribution in [1.29, 1.82) is 0 Å². The van der Waals surface area contributed by atoms with E-state index in [1.54, 1.807) is 25.1 Å². The zero-order valence-electron chi connectivity index (χ0n) is 12.9. The van der Waals surface area contributed by atoms with Crippen LogP contribution in [0.25, 0.3) is 0 Å². The number of anilines is 1. The molecule has 0 amide bonds. The number of benzene rings is 2. The smallest absolute Gasteiger partial charge is 0.320 e. The van der Waals surface area contributed by atoms with E-state index in [2.05, 4.69) is 4.72 Å². The lowest BCUT2D eigenvalue weighted by Gasteiger charge is -2.13. The summed E-state index contributed by atoms with van der Waals surface area (Å²) in [5, 5.41) is 9.35. The molecule has 0 radical (unpaired) electrons. The summed E-state index contributed by atoms with van der Waals surface area (Å²) in [6.07, 6.45) is 0.109. The fraction of sp³-hybridized carbons (Fsp3) is 0.188. The van der Waals surface area contributed by atoms with Crippen LogP contribution >= 0.6 is 11.6 Å². The molecule has 0 aliphatic rings. The van der Waals surface area contributed by atoms with Gasteiger partial charge in [0.1, 0.15) is 6.04 Å². The maximum atomic E-state index is 12.4. The third-order valence-electron chi connectivity index (χ3n) is 3.48. The third kappa shape index (κ3) is 4.47. The van der Waals surface area contributed by atoms with E-state index in [-0.39, 0.29) is 11.3 Å². The predicted molar refractivity (Wildman–Crippen MR) is 92.8 cm³/mol. The Labute approximate surface area is 145 Å². The standard InChI is InChI=1S/C16H17ClN2O4S/c1-10-2-5-13(8-11(10)9-15(18)16(20)21)19-24(22,23)14-6-3-12(17)4-7-14/h2-8,15,19H,9,18H2,1H3,(H,20,21). The van der Waals surface area contributed by atoms with Crippen molar-refractivity contribution in [3.8, 4) is 0 Å². The number of aryl methyl sites for hydroxylation is 1. The Morgan fingerprint density at radius 2 is 1.88 bits per heavy atom. The zero-order chi connectivity index (χ0) is 17.9. The molecule has 2 aromatic rings. The van der Waals surface area contributed by atoms with Gasteiger partial charge in [0, 0.05) is 10.7 Å². The van der Waals surface area contributed by atoms with Gasteiger partial charge in [0.05, 0.1) is 4.90 Å². The molecule has 24 heavy (non-hydrogen) atoms. The summed E-state index contributed by atoms with van der Waals surface area (Å²) < 4.78 is 27.2. The van der Waals surface area contributed by atoms with Crippen LogP contribution in [0.1, 0.15) is 11.1 Å². The van der Waals surface area contributed by atoms with E-state index in [0.29, 0.717) is 16.3 Å². The number of nitrogens with one attached hydrogen (secondary N) is 1. The van der Waals surface area contributed by atoms with Gasteiger partial charge in [-0.1, -0.05) is 17.7 Å². The lowest BCUT2D eigenvalue weighted by molar-refractivity contribution is -0.138. The molecular weight excluding hydrogens is 352 g/mol.